The molecular weight excluding hydrogens is 198 g/mol. The minimum absolute atomic E-state index is 0.601. The summed E-state index contributed by atoms with van der Waals surface area (Å²) in [6, 6.07) is 10.4. The van der Waals surface area contributed by atoms with Crippen LogP contribution in [0.3, 0.4) is 0 Å². The van der Waals surface area contributed by atoms with Gasteiger partial charge < -0.3 is 4.57 Å². The molecule has 1 aromatic carbocycles. The summed E-state index contributed by atoms with van der Waals surface area (Å²) in [5, 5.41) is 9.04. The van der Waals surface area contributed by atoms with Crippen LogP contribution in [-0.4, -0.2) is 9.55 Å². The molecule has 0 amide bonds. The van der Waals surface area contributed by atoms with Crippen molar-refractivity contribution >= 4 is 0 Å². The van der Waals surface area contributed by atoms with Crippen molar-refractivity contribution in [2.45, 2.75) is 13.3 Å². The average Bonchev–Trinajstić information content (AvgIpc) is 2.70. The van der Waals surface area contributed by atoms with E-state index in [4.69, 9.17) is 5.26 Å². The highest BCUT2D eigenvalue weighted by Gasteiger charge is 2.09. The second-order valence-corrected chi connectivity index (χ2v) is 3.71. The molecule has 3 heteroatoms. The molecule has 0 saturated carbocycles. The van der Waals surface area contributed by atoms with Gasteiger partial charge in [0.05, 0.1) is 6.33 Å². The lowest BCUT2D eigenvalue weighted by atomic mass is 10.1. The molecule has 3 nitrogen and oxygen atoms in total. The monoisotopic (exact) mass is 211 g/mol. The van der Waals surface area contributed by atoms with Gasteiger partial charge in [0.15, 0.2) is 0 Å². The molecule has 0 N–H and O–H groups in total. The fraction of sp³-hybridized carbons (Fsp3) is 0.231. The first-order chi connectivity index (χ1) is 7.76. The van der Waals surface area contributed by atoms with E-state index in [0.29, 0.717) is 5.69 Å². The van der Waals surface area contributed by atoms with Crippen molar-refractivity contribution in [2.75, 3.05) is 0 Å². The lowest BCUT2D eigenvalue weighted by molar-refractivity contribution is 0.897. The quantitative estimate of drug-likeness (QED) is 0.766. The minimum Gasteiger partial charge on any atom is -0.325 e. The van der Waals surface area contributed by atoms with Crippen LogP contribution in [0.25, 0.3) is 11.3 Å². The maximum Gasteiger partial charge on any atom is 0.147 e. The van der Waals surface area contributed by atoms with E-state index in [-0.39, 0.29) is 0 Å². The Morgan fingerprint density at radius 1 is 1.31 bits per heavy atom. The summed E-state index contributed by atoms with van der Waals surface area (Å²) in [7, 11) is 1.83. The zero-order valence-corrected chi connectivity index (χ0v) is 9.44. The summed E-state index contributed by atoms with van der Waals surface area (Å²) < 4.78 is 1.74. The SMILES string of the molecule is CCc1ccc(-c2ncn(C)c2C#N)cc1. The van der Waals surface area contributed by atoms with Gasteiger partial charge in [-0.25, -0.2) is 4.98 Å². The second-order valence-electron chi connectivity index (χ2n) is 3.71. The Morgan fingerprint density at radius 3 is 2.56 bits per heavy atom. The number of hydrogen-bond donors (Lipinski definition) is 0. The summed E-state index contributed by atoms with van der Waals surface area (Å²) >= 11 is 0. The van der Waals surface area contributed by atoms with Gasteiger partial charge in [0.1, 0.15) is 17.5 Å². The average molecular weight is 211 g/mol. The van der Waals surface area contributed by atoms with Gasteiger partial charge in [-0.15, -0.1) is 0 Å². The van der Waals surface area contributed by atoms with Crippen LogP contribution in [0.1, 0.15) is 18.2 Å². The van der Waals surface area contributed by atoms with Gasteiger partial charge in [0.2, 0.25) is 0 Å². The van der Waals surface area contributed by atoms with Crippen LogP contribution in [-0.2, 0) is 13.5 Å². The molecule has 1 aromatic heterocycles. The predicted molar refractivity (Wildman–Crippen MR) is 62.7 cm³/mol. The van der Waals surface area contributed by atoms with Crippen LogP contribution in [0.5, 0.6) is 0 Å². The Morgan fingerprint density at radius 2 is 2.00 bits per heavy atom. The van der Waals surface area contributed by atoms with Crippen molar-refractivity contribution in [1.82, 2.24) is 9.55 Å². The molecule has 0 fully saturated rings. The Kier molecular flexibility index (Phi) is 2.74. The highest BCUT2D eigenvalue weighted by atomic mass is 15.0. The molecule has 0 aliphatic carbocycles. The number of rotatable bonds is 2. The number of hydrogen-bond acceptors (Lipinski definition) is 2. The molecule has 2 aromatic rings. The highest BCUT2D eigenvalue weighted by molar-refractivity contribution is 5.65. The van der Waals surface area contributed by atoms with E-state index in [0.717, 1.165) is 17.7 Å². The maximum atomic E-state index is 9.04. The van der Waals surface area contributed by atoms with Gasteiger partial charge in [0.25, 0.3) is 0 Å². The van der Waals surface area contributed by atoms with Crippen LogP contribution >= 0.6 is 0 Å². The third-order valence-corrected chi connectivity index (χ3v) is 2.68. The molecule has 0 aliphatic rings. The molecule has 80 valence electrons. The summed E-state index contributed by atoms with van der Waals surface area (Å²) in [5.41, 5.74) is 3.64. The Labute approximate surface area is 95.0 Å². The number of imidazole rings is 1. The molecule has 0 spiro atoms. The standard InChI is InChI=1S/C13H13N3/c1-3-10-4-6-11(7-5-10)13-12(8-14)16(2)9-15-13/h4-7,9H,3H2,1-2H3. The molecule has 0 unspecified atom stereocenters. The molecule has 0 bridgehead atoms. The van der Waals surface area contributed by atoms with Crippen molar-refractivity contribution in [3.05, 3.63) is 41.9 Å². The first kappa shape index (κ1) is 10.4. The number of aromatic nitrogens is 2. The van der Waals surface area contributed by atoms with Gasteiger partial charge in [-0.1, -0.05) is 31.2 Å². The number of aryl methyl sites for hydroxylation is 2. The zero-order chi connectivity index (χ0) is 11.5. The van der Waals surface area contributed by atoms with E-state index in [1.807, 2.05) is 19.2 Å². The normalized spacial score (nSPS) is 10.1. The number of nitriles is 1. The van der Waals surface area contributed by atoms with E-state index in [1.165, 1.54) is 5.56 Å². The van der Waals surface area contributed by atoms with Crippen molar-refractivity contribution in [1.29, 1.82) is 5.26 Å². The van der Waals surface area contributed by atoms with Crippen molar-refractivity contribution in [3.8, 4) is 17.3 Å². The molecule has 0 radical (unpaired) electrons. The highest BCUT2D eigenvalue weighted by Crippen LogP contribution is 2.21. The first-order valence-electron chi connectivity index (χ1n) is 5.27. The van der Waals surface area contributed by atoms with Crippen LogP contribution < -0.4 is 0 Å². The smallest absolute Gasteiger partial charge is 0.147 e. The van der Waals surface area contributed by atoms with Gasteiger partial charge in [-0.3, -0.25) is 0 Å². The Balaban J connectivity index is 2.47. The van der Waals surface area contributed by atoms with Crippen molar-refractivity contribution in [2.24, 2.45) is 7.05 Å². The van der Waals surface area contributed by atoms with Gasteiger partial charge in [-0.05, 0) is 12.0 Å². The third kappa shape index (κ3) is 1.70. The fourth-order valence-corrected chi connectivity index (χ4v) is 1.67. The van der Waals surface area contributed by atoms with Crippen molar-refractivity contribution in [3.63, 3.8) is 0 Å². The summed E-state index contributed by atoms with van der Waals surface area (Å²) in [6.07, 6.45) is 2.69. The van der Waals surface area contributed by atoms with Gasteiger partial charge >= 0.3 is 0 Å². The number of nitrogens with zero attached hydrogens (tertiary/aromatic N) is 3. The van der Waals surface area contributed by atoms with E-state index in [1.54, 1.807) is 10.9 Å². The van der Waals surface area contributed by atoms with Crippen LogP contribution in [0.15, 0.2) is 30.6 Å². The van der Waals surface area contributed by atoms with Crippen LogP contribution in [0, 0.1) is 11.3 Å². The summed E-state index contributed by atoms with van der Waals surface area (Å²) in [6.45, 7) is 2.12. The van der Waals surface area contributed by atoms with E-state index in [9.17, 15) is 0 Å². The van der Waals surface area contributed by atoms with Gasteiger partial charge in [0, 0.05) is 12.6 Å². The van der Waals surface area contributed by atoms with E-state index < -0.39 is 0 Å². The fourth-order valence-electron chi connectivity index (χ4n) is 1.67. The Hall–Kier alpha value is -2.08. The Bertz CT molecular complexity index is 529. The molecule has 1 heterocycles. The maximum absolute atomic E-state index is 9.04. The molecule has 16 heavy (non-hydrogen) atoms. The third-order valence-electron chi connectivity index (χ3n) is 2.68. The van der Waals surface area contributed by atoms with E-state index >= 15 is 0 Å². The van der Waals surface area contributed by atoms with Crippen LogP contribution in [0.4, 0.5) is 0 Å². The largest absolute Gasteiger partial charge is 0.325 e. The molecular formula is C13H13N3. The lowest BCUT2D eigenvalue weighted by Crippen LogP contribution is -1.91. The molecule has 0 atom stereocenters. The van der Waals surface area contributed by atoms with E-state index in [2.05, 4.69) is 30.1 Å². The van der Waals surface area contributed by atoms with Crippen molar-refractivity contribution < 1.29 is 0 Å². The number of benzene rings is 1. The molecule has 0 aliphatic heterocycles. The topological polar surface area (TPSA) is 41.6 Å². The van der Waals surface area contributed by atoms with Gasteiger partial charge in [-0.2, -0.15) is 5.26 Å². The first-order valence-corrected chi connectivity index (χ1v) is 5.27. The van der Waals surface area contributed by atoms with Crippen LogP contribution in [0.2, 0.25) is 0 Å². The minimum atomic E-state index is 0.601. The lowest BCUT2D eigenvalue weighted by Gasteiger charge is -2.00. The summed E-state index contributed by atoms with van der Waals surface area (Å²) in [5.74, 6) is 0. The predicted octanol–water partition coefficient (Wildman–Crippen LogP) is 2.52. The second kappa shape index (κ2) is 4.19. The molecule has 0 saturated heterocycles. The molecule has 2 rings (SSSR count). The zero-order valence-electron chi connectivity index (χ0n) is 9.44. The summed E-state index contributed by atoms with van der Waals surface area (Å²) in [4.78, 5) is 4.25.